The minimum absolute atomic E-state index is 0.304. The molecule has 1 aliphatic heterocycles. The number of phenolic OH excluding ortho intramolecular Hbond substituents is 1. The van der Waals surface area contributed by atoms with Gasteiger partial charge in [-0.2, -0.15) is 4.98 Å². The van der Waals surface area contributed by atoms with E-state index in [9.17, 15) is 5.11 Å². The second kappa shape index (κ2) is 7.21. The van der Waals surface area contributed by atoms with E-state index in [-0.39, 0.29) is 0 Å². The normalized spacial score (nSPS) is 16.0. The number of aryl methyl sites for hydroxylation is 1. The standard InChI is InChI=1S/C19H21N5O2/c1-13-10-21-17(11-20-13)19-22-18(23-26-19)15-6-8-24(9-7-15)12-14-2-4-16(25)5-3-14/h2-5,10-11,15,25H,6-9,12H2,1H3. The molecule has 0 unspecified atom stereocenters. The minimum atomic E-state index is 0.304. The maximum Gasteiger partial charge on any atom is 0.278 e. The number of hydrogen-bond donors (Lipinski definition) is 1. The van der Waals surface area contributed by atoms with Gasteiger partial charge in [-0.05, 0) is 50.6 Å². The number of rotatable bonds is 4. The van der Waals surface area contributed by atoms with Gasteiger partial charge in [-0.3, -0.25) is 9.88 Å². The summed E-state index contributed by atoms with van der Waals surface area (Å²) in [6.45, 7) is 4.75. The van der Waals surface area contributed by atoms with Gasteiger partial charge in [0.05, 0.1) is 11.9 Å². The fraction of sp³-hybridized carbons (Fsp3) is 0.368. The highest BCUT2D eigenvalue weighted by Crippen LogP contribution is 2.28. The lowest BCUT2D eigenvalue weighted by molar-refractivity contribution is 0.200. The molecule has 1 fully saturated rings. The average Bonchev–Trinajstić information content (AvgIpc) is 3.15. The predicted molar refractivity (Wildman–Crippen MR) is 95.4 cm³/mol. The van der Waals surface area contributed by atoms with Crippen LogP contribution in [0.1, 0.15) is 35.8 Å². The Hall–Kier alpha value is -2.80. The average molecular weight is 351 g/mol. The van der Waals surface area contributed by atoms with Crippen molar-refractivity contribution in [3.05, 3.63) is 53.7 Å². The Labute approximate surface area is 151 Å². The Bertz CT molecular complexity index is 852. The molecule has 1 aromatic carbocycles. The molecule has 0 saturated carbocycles. The van der Waals surface area contributed by atoms with Crippen molar-refractivity contribution < 1.29 is 9.63 Å². The molecular formula is C19H21N5O2. The maximum atomic E-state index is 9.38. The molecule has 1 aliphatic rings. The number of hydrogen-bond acceptors (Lipinski definition) is 7. The van der Waals surface area contributed by atoms with E-state index in [1.807, 2.05) is 19.1 Å². The molecule has 3 heterocycles. The molecule has 0 aliphatic carbocycles. The van der Waals surface area contributed by atoms with Gasteiger partial charge in [-0.25, -0.2) is 4.98 Å². The number of phenols is 1. The molecule has 4 rings (SSSR count). The quantitative estimate of drug-likeness (QED) is 0.773. The van der Waals surface area contributed by atoms with Crippen molar-refractivity contribution in [3.8, 4) is 17.3 Å². The predicted octanol–water partition coefficient (Wildman–Crippen LogP) is 2.92. The third-order valence-corrected chi connectivity index (χ3v) is 4.74. The zero-order chi connectivity index (χ0) is 17.9. The Morgan fingerprint density at radius 3 is 2.58 bits per heavy atom. The van der Waals surface area contributed by atoms with Crippen LogP contribution in [0.4, 0.5) is 0 Å². The van der Waals surface area contributed by atoms with Gasteiger partial charge in [0, 0.05) is 18.7 Å². The SMILES string of the molecule is Cc1cnc(-c2nc(C3CCN(Cc4ccc(O)cc4)CC3)no2)cn1. The Kier molecular flexibility index (Phi) is 4.62. The summed E-state index contributed by atoms with van der Waals surface area (Å²) in [5, 5.41) is 13.5. The van der Waals surface area contributed by atoms with Gasteiger partial charge >= 0.3 is 0 Å². The van der Waals surface area contributed by atoms with Crippen LogP contribution in [0.2, 0.25) is 0 Å². The molecule has 0 spiro atoms. The van der Waals surface area contributed by atoms with Gasteiger partial charge in [-0.1, -0.05) is 17.3 Å². The highest BCUT2D eigenvalue weighted by molar-refractivity contribution is 5.44. The number of benzene rings is 1. The second-order valence-electron chi connectivity index (χ2n) is 6.72. The summed E-state index contributed by atoms with van der Waals surface area (Å²) in [6, 6.07) is 7.40. The highest BCUT2D eigenvalue weighted by Gasteiger charge is 2.25. The van der Waals surface area contributed by atoms with E-state index in [1.165, 1.54) is 5.56 Å². The van der Waals surface area contributed by atoms with E-state index in [4.69, 9.17) is 4.52 Å². The van der Waals surface area contributed by atoms with E-state index < -0.39 is 0 Å². The van der Waals surface area contributed by atoms with Crippen LogP contribution in [0, 0.1) is 6.92 Å². The highest BCUT2D eigenvalue weighted by atomic mass is 16.5. The lowest BCUT2D eigenvalue weighted by Crippen LogP contribution is -2.32. The molecule has 0 atom stereocenters. The zero-order valence-electron chi connectivity index (χ0n) is 14.7. The summed E-state index contributed by atoms with van der Waals surface area (Å²) < 4.78 is 5.38. The van der Waals surface area contributed by atoms with Gasteiger partial charge in [0.1, 0.15) is 11.4 Å². The van der Waals surface area contributed by atoms with Gasteiger partial charge in [-0.15, -0.1) is 0 Å². The first-order valence-corrected chi connectivity index (χ1v) is 8.80. The molecule has 3 aromatic rings. The monoisotopic (exact) mass is 351 g/mol. The van der Waals surface area contributed by atoms with Crippen LogP contribution in [-0.2, 0) is 6.54 Å². The third-order valence-electron chi connectivity index (χ3n) is 4.74. The molecule has 134 valence electrons. The van der Waals surface area contributed by atoms with E-state index in [0.717, 1.165) is 44.0 Å². The number of likely N-dealkylation sites (tertiary alicyclic amines) is 1. The summed E-state index contributed by atoms with van der Waals surface area (Å²) in [6.07, 6.45) is 5.35. The smallest absolute Gasteiger partial charge is 0.278 e. The summed E-state index contributed by atoms with van der Waals surface area (Å²) >= 11 is 0. The van der Waals surface area contributed by atoms with Gasteiger partial charge < -0.3 is 9.63 Å². The summed E-state index contributed by atoms with van der Waals surface area (Å²) in [7, 11) is 0. The number of aromatic nitrogens is 4. The van der Waals surface area contributed by atoms with E-state index >= 15 is 0 Å². The lowest BCUT2D eigenvalue weighted by atomic mass is 9.96. The Morgan fingerprint density at radius 2 is 1.88 bits per heavy atom. The van der Waals surface area contributed by atoms with Crippen LogP contribution in [-0.4, -0.2) is 43.2 Å². The number of piperidine rings is 1. The molecule has 1 saturated heterocycles. The largest absolute Gasteiger partial charge is 0.508 e. The molecule has 7 nitrogen and oxygen atoms in total. The molecule has 0 bridgehead atoms. The fourth-order valence-electron chi connectivity index (χ4n) is 3.22. The lowest BCUT2D eigenvalue weighted by Gasteiger charge is -2.30. The van der Waals surface area contributed by atoms with Gasteiger partial charge in [0.15, 0.2) is 5.82 Å². The van der Waals surface area contributed by atoms with E-state index in [1.54, 1.807) is 24.5 Å². The third kappa shape index (κ3) is 3.72. The first kappa shape index (κ1) is 16.7. The molecule has 0 amide bonds. The number of aromatic hydroxyl groups is 1. The van der Waals surface area contributed by atoms with Crippen LogP contribution >= 0.6 is 0 Å². The summed E-state index contributed by atoms with van der Waals surface area (Å²) in [5.74, 6) is 1.80. The number of nitrogens with zero attached hydrogens (tertiary/aromatic N) is 5. The van der Waals surface area contributed by atoms with Crippen molar-refractivity contribution in [2.75, 3.05) is 13.1 Å². The van der Waals surface area contributed by atoms with Crippen LogP contribution in [0.3, 0.4) is 0 Å². The van der Waals surface area contributed by atoms with Crippen molar-refractivity contribution >= 4 is 0 Å². The molecular weight excluding hydrogens is 330 g/mol. The minimum Gasteiger partial charge on any atom is -0.508 e. The first-order chi connectivity index (χ1) is 12.7. The molecule has 26 heavy (non-hydrogen) atoms. The first-order valence-electron chi connectivity index (χ1n) is 8.80. The van der Waals surface area contributed by atoms with Crippen molar-refractivity contribution in [2.24, 2.45) is 0 Å². The summed E-state index contributed by atoms with van der Waals surface area (Å²) in [5.41, 5.74) is 2.68. The van der Waals surface area contributed by atoms with Crippen LogP contribution in [0.5, 0.6) is 5.75 Å². The van der Waals surface area contributed by atoms with Crippen molar-refractivity contribution in [1.82, 2.24) is 25.0 Å². The summed E-state index contributed by atoms with van der Waals surface area (Å²) in [4.78, 5) is 15.4. The van der Waals surface area contributed by atoms with E-state index in [2.05, 4.69) is 25.0 Å². The van der Waals surface area contributed by atoms with Crippen LogP contribution < -0.4 is 0 Å². The molecule has 7 heteroatoms. The molecule has 2 aromatic heterocycles. The molecule has 1 N–H and O–H groups in total. The van der Waals surface area contributed by atoms with Gasteiger partial charge in [0.2, 0.25) is 0 Å². The van der Waals surface area contributed by atoms with Crippen molar-refractivity contribution in [2.45, 2.75) is 32.2 Å². The zero-order valence-corrected chi connectivity index (χ0v) is 14.7. The van der Waals surface area contributed by atoms with Crippen molar-refractivity contribution in [3.63, 3.8) is 0 Å². The van der Waals surface area contributed by atoms with E-state index in [0.29, 0.717) is 23.3 Å². The topological polar surface area (TPSA) is 88.2 Å². The van der Waals surface area contributed by atoms with Crippen molar-refractivity contribution in [1.29, 1.82) is 0 Å². The van der Waals surface area contributed by atoms with Crippen LogP contribution in [0.25, 0.3) is 11.6 Å². The Balaban J connectivity index is 1.36. The van der Waals surface area contributed by atoms with Gasteiger partial charge in [0.25, 0.3) is 5.89 Å². The van der Waals surface area contributed by atoms with Crippen LogP contribution in [0.15, 0.2) is 41.2 Å². The molecule has 0 radical (unpaired) electrons. The maximum absolute atomic E-state index is 9.38. The second-order valence-corrected chi connectivity index (χ2v) is 6.72. The Morgan fingerprint density at radius 1 is 1.12 bits per heavy atom. The fourth-order valence-corrected chi connectivity index (χ4v) is 3.22.